The maximum Gasteiger partial charge on any atom is 0.330 e. The predicted octanol–water partition coefficient (Wildman–Crippen LogP) is 3.66. The van der Waals surface area contributed by atoms with Crippen LogP contribution < -0.4 is 0 Å². The van der Waals surface area contributed by atoms with E-state index in [0.717, 1.165) is 22.0 Å². The van der Waals surface area contributed by atoms with Crippen LogP contribution in [0.4, 0.5) is 0 Å². The molecule has 4 rings (SSSR count). The van der Waals surface area contributed by atoms with Crippen LogP contribution in [0.3, 0.4) is 0 Å². The maximum atomic E-state index is 12.1. The molecule has 3 aromatic heterocycles. The molecule has 0 saturated carbocycles. The number of fused-ring (bicyclic) bond motifs is 1. The molecule has 0 N–H and O–H groups in total. The molecular weight excluding hydrogens is 386 g/mol. The van der Waals surface area contributed by atoms with Crippen LogP contribution in [0.25, 0.3) is 22.3 Å². The largest absolute Gasteiger partial charge is 0.458 e. The lowest BCUT2D eigenvalue weighted by molar-refractivity contribution is -0.146. The number of nitrogens with zero attached hydrogens (tertiary/aromatic N) is 5. The fourth-order valence-electron chi connectivity index (χ4n) is 2.64. The van der Waals surface area contributed by atoms with E-state index in [-0.39, 0.29) is 13.2 Å². The first-order valence-electron chi connectivity index (χ1n) is 8.11. The summed E-state index contributed by atoms with van der Waals surface area (Å²) in [6.07, 6.45) is 0. The number of halogens is 1. The van der Waals surface area contributed by atoms with Crippen molar-refractivity contribution in [3.8, 4) is 11.4 Å². The third kappa shape index (κ3) is 3.67. The number of aryl methyl sites for hydroxylation is 1. The number of hydrogen-bond acceptors (Lipinski definition) is 7. The first-order valence-corrected chi connectivity index (χ1v) is 9.43. The number of ether oxygens (including phenoxy) is 1. The highest BCUT2D eigenvalue weighted by molar-refractivity contribution is 7.08. The number of pyridine rings is 1. The molecule has 27 heavy (non-hydrogen) atoms. The van der Waals surface area contributed by atoms with Crippen molar-refractivity contribution in [2.75, 3.05) is 0 Å². The van der Waals surface area contributed by atoms with Crippen LogP contribution in [-0.4, -0.2) is 31.2 Å². The van der Waals surface area contributed by atoms with Crippen molar-refractivity contribution in [2.45, 2.75) is 20.1 Å². The molecule has 0 unspecified atom stereocenters. The minimum Gasteiger partial charge on any atom is -0.458 e. The summed E-state index contributed by atoms with van der Waals surface area (Å²) in [5, 5.41) is 17.3. The van der Waals surface area contributed by atoms with E-state index in [9.17, 15) is 4.79 Å². The van der Waals surface area contributed by atoms with Gasteiger partial charge in [0.1, 0.15) is 6.61 Å². The minimum atomic E-state index is -0.493. The van der Waals surface area contributed by atoms with Gasteiger partial charge in [-0.1, -0.05) is 29.8 Å². The van der Waals surface area contributed by atoms with Crippen LogP contribution in [0.15, 0.2) is 41.1 Å². The highest BCUT2D eigenvalue weighted by Gasteiger charge is 2.14. The fraction of sp³-hybridized carbons (Fsp3) is 0.167. The second-order valence-corrected chi connectivity index (χ2v) is 6.99. The summed E-state index contributed by atoms with van der Waals surface area (Å²) in [5.41, 5.74) is 3.10. The number of rotatable bonds is 5. The van der Waals surface area contributed by atoms with Gasteiger partial charge in [0, 0.05) is 16.3 Å². The molecule has 136 valence electrons. The smallest absolute Gasteiger partial charge is 0.330 e. The van der Waals surface area contributed by atoms with Gasteiger partial charge < -0.3 is 4.74 Å². The van der Waals surface area contributed by atoms with Crippen molar-refractivity contribution in [1.82, 2.24) is 25.2 Å². The van der Waals surface area contributed by atoms with Gasteiger partial charge in [0.05, 0.1) is 16.2 Å². The lowest BCUT2D eigenvalue weighted by atomic mass is 10.1. The molecule has 9 heteroatoms. The van der Waals surface area contributed by atoms with Gasteiger partial charge in [-0.2, -0.15) is 16.1 Å². The van der Waals surface area contributed by atoms with Gasteiger partial charge >= 0.3 is 5.97 Å². The van der Waals surface area contributed by atoms with E-state index in [1.165, 1.54) is 16.1 Å². The second-order valence-electron chi connectivity index (χ2n) is 5.83. The molecule has 1 aromatic carbocycles. The molecule has 0 spiro atoms. The van der Waals surface area contributed by atoms with Gasteiger partial charge in [0.25, 0.3) is 0 Å². The van der Waals surface area contributed by atoms with Crippen LogP contribution in [0.1, 0.15) is 11.3 Å². The summed E-state index contributed by atoms with van der Waals surface area (Å²) < 4.78 is 5.30. The van der Waals surface area contributed by atoms with Crippen molar-refractivity contribution < 1.29 is 9.53 Å². The molecule has 4 aromatic rings. The Kier molecular flexibility index (Phi) is 4.83. The number of esters is 1. The van der Waals surface area contributed by atoms with Crippen molar-refractivity contribution in [3.05, 3.63) is 57.4 Å². The third-order valence-electron chi connectivity index (χ3n) is 4.02. The van der Waals surface area contributed by atoms with Gasteiger partial charge in [-0.25, -0.2) is 9.78 Å². The molecule has 0 fully saturated rings. The van der Waals surface area contributed by atoms with E-state index in [4.69, 9.17) is 16.3 Å². The average molecular weight is 400 g/mol. The van der Waals surface area contributed by atoms with Crippen LogP contribution in [0, 0.1) is 6.92 Å². The standard InChI is InChI=1S/C18H14ClN5O2S/c1-11-13-4-2-3-5-14(13)20-15(17(11)19)9-26-16(25)8-24-22-18(21-23-24)12-6-7-27-10-12/h2-7,10H,8-9H2,1H3. The Morgan fingerprint density at radius 3 is 2.96 bits per heavy atom. The Balaban J connectivity index is 1.44. The number of benzene rings is 1. The fourth-order valence-corrected chi connectivity index (χ4v) is 3.47. The van der Waals surface area contributed by atoms with Crippen LogP contribution >= 0.6 is 22.9 Å². The Morgan fingerprint density at radius 2 is 2.15 bits per heavy atom. The number of carbonyl (C=O) groups is 1. The number of thiophene rings is 1. The number of tetrazole rings is 1. The zero-order chi connectivity index (χ0) is 18.8. The topological polar surface area (TPSA) is 82.8 Å². The maximum absolute atomic E-state index is 12.1. The molecule has 0 aliphatic rings. The van der Waals surface area contributed by atoms with E-state index in [1.54, 1.807) is 0 Å². The van der Waals surface area contributed by atoms with Gasteiger partial charge in [-0.3, -0.25) is 0 Å². The number of carbonyl (C=O) groups excluding carboxylic acids is 1. The molecule has 0 amide bonds. The van der Waals surface area contributed by atoms with Gasteiger partial charge in [-0.15, -0.1) is 10.2 Å². The zero-order valence-corrected chi connectivity index (χ0v) is 15.9. The Morgan fingerprint density at radius 1 is 1.30 bits per heavy atom. The summed E-state index contributed by atoms with van der Waals surface area (Å²) >= 11 is 7.92. The molecule has 3 heterocycles. The Labute approximate surface area is 163 Å². The summed E-state index contributed by atoms with van der Waals surface area (Å²) in [5.74, 6) is -0.0214. The normalized spacial score (nSPS) is 11.0. The van der Waals surface area contributed by atoms with Crippen molar-refractivity contribution in [3.63, 3.8) is 0 Å². The van der Waals surface area contributed by atoms with Crippen LogP contribution in [0.5, 0.6) is 0 Å². The molecule has 0 saturated heterocycles. The Bertz CT molecular complexity index is 1110. The molecule has 7 nitrogen and oxygen atoms in total. The van der Waals surface area contributed by atoms with E-state index < -0.39 is 5.97 Å². The monoisotopic (exact) mass is 399 g/mol. The minimum absolute atomic E-state index is 0.0184. The van der Waals surface area contributed by atoms with Crippen molar-refractivity contribution >= 4 is 39.8 Å². The van der Waals surface area contributed by atoms with E-state index in [1.807, 2.05) is 48.0 Å². The second kappa shape index (κ2) is 7.42. The number of aromatic nitrogens is 5. The first kappa shape index (κ1) is 17.6. The molecule has 0 radical (unpaired) electrons. The molecule has 0 aliphatic heterocycles. The Hall–Kier alpha value is -2.84. The predicted molar refractivity (Wildman–Crippen MR) is 102 cm³/mol. The van der Waals surface area contributed by atoms with E-state index in [2.05, 4.69) is 20.4 Å². The molecule has 0 aliphatic carbocycles. The van der Waals surface area contributed by atoms with Crippen molar-refractivity contribution in [1.29, 1.82) is 0 Å². The lowest BCUT2D eigenvalue weighted by Crippen LogP contribution is -2.16. The molecule has 0 bridgehead atoms. The molecular formula is C18H14ClN5O2S. The number of hydrogen-bond donors (Lipinski definition) is 0. The SMILES string of the molecule is Cc1c(Cl)c(COC(=O)Cn2nnc(-c3ccsc3)n2)nc2ccccc12. The van der Waals surface area contributed by atoms with Crippen LogP contribution in [0.2, 0.25) is 5.02 Å². The summed E-state index contributed by atoms with van der Waals surface area (Å²) in [7, 11) is 0. The van der Waals surface area contributed by atoms with E-state index >= 15 is 0 Å². The first-order chi connectivity index (χ1) is 13.1. The lowest BCUT2D eigenvalue weighted by Gasteiger charge is -2.10. The zero-order valence-electron chi connectivity index (χ0n) is 14.3. The van der Waals surface area contributed by atoms with Gasteiger partial charge in [0.15, 0.2) is 6.54 Å². The summed E-state index contributed by atoms with van der Waals surface area (Å²) in [6, 6.07) is 9.58. The van der Waals surface area contributed by atoms with Gasteiger partial charge in [-0.05, 0) is 35.2 Å². The molecule has 0 atom stereocenters. The third-order valence-corrected chi connectivity index (χ3v) is 5.20. The van der Waals surface area contributed by atoms with Gasteiger partial charge in [0.2, 0.25) is 5.82 Å². The van der Waals surface area contributed by atoms with Crippen LogP contribution in [-0.2, 0) is 22.7 Å². The highest BCUT2D eigenvalue weighted by Crippen LogP contribution is 2.27. The highest BCUT2D eigenvalue weighted by atomic mass is 35.5. The quantitative estimate of drug-likeness (QED) is 0.476. The summed E-state index contributed by atoms with van der Waals surface area (Å²) in [6.45, 7) is 1.76. The number of para-hydroxylation sites is 1. The van der Waals surface area contributed by atoms with Crippen molar-refractivity contribution in [2.24, 2.45) is 0 Å². The van der Waals surface area contributed by atoms with E-state index in [0.29, 0.717) is 16.5 Å². The average Bonchev–Trinajstić information content (AvgIpc) is 3.35. The summed E-state index contributed by atoms with van der Waals surface area (Å²) in [4.78, 5) is 17.8.